The van der Waals surface area contributed by atoms with Crippen molar-refractivity contribution in [3.63, 3.8) is 0 Å². The number of aromatic amines is 1. The fourth-order valence-electron chi connectivity index (χ4n) is 4.28. The number of rotatable bonds is 3. The quantitative estimate of drug-likeness (QED) is 0.852. The molecule has 4 heterocycles. The van der Waals surface area contributed by atoms with Gasteiger partial charge in [-0.2, -0.15) is 0 Å². The topological polar surface area (TPSA) is 78.4 Å². The summed E-state index contributed by atoms with van der Waals surface area (Å²) >= 11 is 0. The van der Waals surface area contributed by atoms with Crippen LogP contribution in [0.25, 0.3) is 0 Å². The molecule has 2 bridgehead atoms. The van der Waals surface area contributed by atoms with Gasteiger partial charge in [-0.3, -0.25) is 19.5 Å². The summed E-state index contributed by atoms with van der Waals surface area (Å²) in [6.45, 7) is 2.88. The molecular formula is C20H23FN4O3. The lowest BCUT2D eigenvalue weighted by Crippen LogP contribution is -2.49. The van der Waals surface area contributed by atoms with Crippen molar-refractivity contribution in [2.24, 2.45) is 13.0 Å². The van der Waals surface area contributed by atoms with E-state index in [1.807, 2.05) is 0 Å². The molecule has 3 aliphatic heterocycles. The number of fused-ring (bicyclic) bond motifs is 4. The van der Waals surface area contributed by atoms with Crippen LogP contribution in [0.15, 0.2) is 40.1 Å². The highest BCUT2D eigenvalue weighted by atomic mass is 19.1. The number of carbonyl (C=O) groups excluding carboxylic acids is 1. The predicted molar refractivity (Wildman–Crippen MR) is 102 cm³/mol. The molecule has 1 aromatic heterocycles. The van der Waals surface area contributed by atoms with Crippen molar-refractivity contribution < 1.29 is 9.18 Å². The van der Waals surface area contributed by atoms with E-state index in [4.69, 9.17) is 0 Å². The first-order valence-electron chi connectivity index (χ1n) is 9.48. The molecule has 0 unspecified atom stereocenters. The van der Waals surface area contributed by atoms with Crippen LogP contribution in [0.5, 0.6) is 0 Å². The summed E-state index contributed by atoms with van der Waals surface area (Å²) in [4.78, 5) is 43.0. The number of nitrogens with one attached hydrogen (secondary N) is 1. The van der Waals surface area contributed by atoms with E-state index in [0.717, 1.165) is 24.9 Å². The Morgan fingerprint density at radius 1 is 1.14 bits per heavy atom. The van der Waals surface area contributed by atoms with E-state index in [0.29, 0.717) is 25.6 Å². The van der Waals surface area contributed by atoms with E-state index >= 15 is 0 Å². The molecule has 8 heteroatoms. The van der Waals surface area contributed by atoms with Gasteiger partial charge in [0, 0.05) is 45.5 Å². The number of H-pyrrole nitrogens is 1. The van der Waals surface area contributed by atoms with E-state index in [2.05, 4.69) is 9.88 Å². The Morgan fingerprint density at radius 3 is 2.64 bits per heavy atom. The van der Waals surface area contributed by atoms with Crippen molar-refractivity contribution in [2.75, 3.05) is 19.6 Å². The zero-order chi connectivity index (χ0) is 19.8. The molecule has 0 radical (unpaired) electrons. The van der Waals surface area contributed by atoms with Gasteiger partial charge < -0.3 is 9.47 Å². The van der Waals surface area contributed by atoms with Crippen molar-refractivity contribution in [3.8, 4) is 0 Å². The van der Waals surface area contributed by atoms with Crippen LogP contribution in [0.4, 0.5) is 4.39 Å². The van der Waals surface area contributed by atoms with Gasteiger partial charge in [0.05, 0.1) is 0 Å². The minimum Gasteiger partial charge on any atom is -0.334 e. The number of aryl methyl sites for hydroxylation is 1. The van der Waals surface area contributed by atoms with E-state index < -0.39 is 11.2 Å². The second-order valence-corrected chi connectivity index (χ2v) is 7.79. The lowest BCUT2D eigenvalue weighted by atomic mass is 9.94. The number of piperidine rings is 1. The van der Waals surface area contributed by atoms with Gasteiger partial charge in [0.25, 0.3) is 11.5 Å². The van der Waals surface area contributed by atoms with Crippen molar-refractivity contribution in [3.05, 3.63) is 68.2 Å². The molecule has 0 saturated carbocycles. The van der Waals surface area contributed by atoms with Crippen molar-refractivity contribution >= 4 is 5.91 Å². The summed E-state index contributed by atoms with van der Waals surface area (Å²) in [5, 5.41) is 0. The smallest absolute Gasteiger partial charge is 0.328 e. The second-order valence-electron chi connectivity index (χ2n) is 7.79. The van der Waals surface area contributed by atoms with Crippen molar-refractivity contribution in [1.29, 1.82) is 0 Å². The molecule has 2 aromatic rings. The van der Waals surface area contributed by atoms with E-state index in [1.165, 1.54) is 29.9 Å². The molecule has 0 spiro atoms. The second kappa shape index (κ2) is 7.35. The average molecular weight is 386 g/mol. The van der Waals surface area contributed by atoms with Crippen molar-refractivity contribution in [1.82, 2.24) is 19.4 Å². The molecule has 2 atom stereocenters. The van der Waals surface area contributed by atoms with E-state index in [9.17, 15) is 18.8 Å². The molecule has 7 nitrogen and oxygen atoms in total. The van der Waals surface area contributed by atoms with Crippen LogP contribution in [-0.4, -0.2) is 50.9 Å². The van der Waals surface area contributed by atoms with Crippen LogP contribution in [0.3, 0.4) is 0 Å². The van der Waals surface area contributed by atoms with Gasteiger partial charge in [-0.1, -0.05) is 12.1 Å². The van der Waals surface area contributed by atoms with Gasteiger partial charge in [-0.15, -0.1) is 0 Å². The Kier molecular flexibility index (Phi) is 4.89. The SMILES string of the molecule is Cn1cc(C(=O)N2C[C@H]3CC[C@@H]2CN(Cc2ccc(F)cc2)C3)c(=O)[nH]c1=O. The fourth-order valence-corrected chi connectivity index (χ4v) is 4.28. The summed E-state index contributed by atoms with van der Waals surface area (Å²) in [6, 6.07) is 6.51. The summed E-state index contributed by atoms with van der Waals surface area (Å²) in [5.74, 6) is -0.246. The third kappa shape index (κ3) is 3.64. The Morgan fingerprint density at radius 2 is 1.89 bits per heavy atom. The van der Waals surface area contributed by atoms with Crippen LogP contribution in [-0.2, 0) is 13.6 Å². The number of benzene rings is 1. The molecule has 3 aliphatic rings. The number of halogens is 1. The summed E-state index contributed by atoms with van der Waals surface area (Å²) in [5.41, 5.74) is -0.143. The van der Waals surface area contributed by atoms with Crippen LogP contribution >= 0.6 is 0 Å². The molecule has 148 valence electrons. The predicted octanol–water partition coefficient (Wildman–Crippen LogP) is 0.949. The molecule has 1 aromatic carbocycles. The number of hydrogen-bond acceptors (Lipinski definition) is 4. The maximum Gasteiger partial charge on any atom is 0.328 e. The van der Waals surface area contributed by atoms with Gasteiger partial charge in [-0.25, -0.2) is 9.18 Å². The molecule has 0 aliphatic carbocycles. The number of aromatic nitrogens is 2. The first-order valence-corrected chi connectivity index (χ1v) is 9.48. The number of hydrogen-bond donors (Lipinski definition) is 1. The zero-order valence-electron chi connectivity index (χ0n) is 15.7. The number of amides is 1. The van der Waals surface area contributed by atoms with Crippen LogP contribution < -0.4 is 11.2 Å². The largest absolute Gasteiger partial charge is 0.334 e. The minimum atomic E-state index is -0.642. The van der Waals surface area contributed by atoms with Gasteiger partial charge >= 0.3 is 5.69 Å². The Balaban J connectivity index is 1.54. The fraction of sp³-hybridized carbons (Fsp3) is 0.450. The highest BCUT2D eigenvalue weighted by Crippen LogP contribution is 2.29. The maximum absolute atomic E-state index is 13.1. The third-order valence-corrected chi connectivity index (χ3v) is 5.71. The van der Waals surface area contributed by atoms with Gasteiger partial charge in [0.2, 0.25) is 0 Å². The molecule has 28 heavy (non-hydrogen) atoms. The third-order valence-electron chi connectivity index (χ3n) is 5.71. The summed E-state index contributed by atoms with van der Waals surface area (Å²) < 4.78 is 14.4. The lowest BCUT2D eigenvalue weighted by Gasteiger charge is -2.36. The highest BCUT2D eigenvalue weighted by Gasteiger charge is 2.38. The first kappa shape index (κ1) is 18.6. The van der Waals surface area contributed by atoms with Gasteiger partial charge in [-0.05, 0) is 36.5 Å². The Bertz CT molecular complexity index is 998. The first-order chi connectivity index (χ1) is 13.4. The monoisotopic (exact) mass is 386 g/mol. The summed E-state index contributed by atoms with van der Waals surface area (Å²) in [6.07, 6.45) is 3.25. The van der Waals surface area contributed by atoms with Crippen LogP contribution in [0, 0.1) is 11.7 Å². The Hall–Kier alpha value is -2.74. The molecule has 3 saturated heterocycles. The standard InChI is InChI=1S/C20H23FN4O3/c1-23-12-17(18(26)22-20(23)28)19(27)25-10-14-4-7-16(25)11-24(9-14)8-13-2-5-15(21)6-3-13/h2-3,5-6,12,14,16H,4,7-11H2,1H3,(H,22,26,28)/t14-,16+/m0/s1. The van der Waals surface area contributed by atoms with E-state index in [-0.39, 0.29) is 23.3 Å². The van der Waals surface area contributed by atoms with Gasteiger partial charge in [0.15, 0.2) is 0 Å². The molecule has 1 N–H and O–H groups in total. The molecule has 3 fully saturated rings. The van der Waals surface area contributed by atoms with Crippen LogP contribution in [0.1, 0.15) is 28.8 Å². The minimum absolute atomic E-state index is 0.000246. The van der Waals surface area contributed by atoms with Crippen LogP contribution in [0.2, 0.25) is 0 Å². The number of carbonyl (C=O) groups is 1. The highest BCUT2D eigenvalue weighted by molar-refractivity contribution is 5.93. The molecule has 5 rings (SSSR count). The molecule has 1 amide bonds. The maximum atomic E-state index is 13.1. The number of nitrogens with zero attached hydrogens (tertiary/aromatic N) is 3. The summed E-state index contributed by atoms with van der Waals surface area (Å²) in [7, 11) is 1.51. The van der Waals surface area contributed by atoms with E-state index in [1.54, 1.807) is 17.0 Å². The molecular weight excluding hydrogens is 363 g/mol. The normalized spacial score (nSPS) is 22.3. The van der Waals surface area contributed by atoms with Gasteiger partial charge in [0.1, 0.15) is 11.4 Å². The zero-order valence-corrected chi connectivity index (χ0v) is 15.7. The average Bonchev–Trinajstić information content (AvgIpc) is 2.96. The lowest BCUT2D eigenvalue weighted by molar-refractivity contribution is 0.0582. The van der Waals surface area contributed by atoms with Crippen molar-refractivity contribution in [2.45, 2.75) is 25.4 Å². The Labute approximate surface area is 161 Å².